The number of ether oxygens (including phenoxy) is 1. The molecule has 2 aliphatic rings. The Morgan fingerprint density at radius 3 is 2.61 bits per heavy atom. The second-order valence-electron chi connectivity index (χ2n) is 7.93. The second-order valence-corrected chi connectivity index (χ2v) is 9.34. The van der Waals surface area contributed by atoms with Gasteiger partial charge in [-0.2, -0.15) is 11.8 Å². The zero-order chi connectivity index (χ0) is 19.8. The number of benzene rings is 1. The first-order valence-electron chi connectivity index (χ1n) is 10.7. The summed E-state index contributed by atoms with van der Waals surface area (Å²) in [6.07, 6.45) is 3.26. The van der Waals surface area contributed by atoms with Crippen molar-refractivity contribution in [3.8, 4) is 0 Å². The van der Waals surface area contributed by atoms with E-state index in [0.717, 1.165) is 43.9 Å². The first kappa shape index (κ1) is 21.5. The van der Waals surface area contributed by atoms with Crippen molar-refractivity contribution in [2.24, 2.45) is 4.99 Å². The van der Waals surface area contributed by atoms with Crippen molar-refractivity contribution in [1.29, 1.82) is 0 Å². The zero-order valence-electron chi connectivity index (χ0n) is 17.6. The van der Waals surface area contributed by atoms with Gasteiger partial charge >= 0.3 is 0 Å². The molecule has 0 amide bonds. The number of nitrogens with one attached hydrogen (secondary N) is 2. The van der Waals surface area contributed by atoms with Crippen LogP contribution in [0.5, 0.6) is 0 Å². The van der Waals surface area contributed by atoms with Crippen molar-refractivity contribution in [3.05, 3.63) is 35.4 Å². The summed E-state index contributed by atoms with van der Waals surface area (Å²) in [5.41, 5.74) is 2.68. The van der Waals surface area contributed by atoms with E-state index in [1.54, 1.807) is 0 Å². The number of nitrogens with zero attached hydrogens (tertiary/aromatic N) is 2. The molecule has 156 valence electrons. The first-order chi connectivity index (χ1) is 13.6. The number of hydrogen-bond acceptors (Lipinski definition) is 4. The van der Waals surface area contributed by atoms with E-state index in [4.69, 9.17) is 9.73 Å². The summed E-state index contributed by atoms with van der Waals surface area (Å²) in [4.78, 5) is 7.37. The van der Waals surface area contributed by atoms with Gasteiger partial charge in [-0.3, -0.25) is 4.90 Å². The van der Waals surface area contributed by atoms with Crippen LogP contribution in [-0.2, 0) is 17.8 Å². The van der Waals surface area contributed by atoms with Crippen LogP contribution < -0.4 is 10.6 Å². The molecule has 0 aromatic heterocycles. The van der Waals surface area contributed by atoms with Crippen molar-refractivity contribution < 1.29 is 4.74 Å². The molecule has 5 nitrogen and oxygen atoms in total. The Hall–Kier alpha value is -1.24. The molecular formula is C22H36N4OS. The number of thioether (sulfide) groups is 1. The van der Waals surface area contributed by atoms with Crippen molar-refractivity contribution >= 4 is 17.7 Å². The van der Waals surface area contributed by atoms with Gasteiger partial charge in [0.05, 0.1) is 18.8 Å². The van der Waals surface area contributed by atoms with Crippen LogP contribution in [-0.4, -0.2) is 60.2 Å². The molecule has 0 aliphatic carbocycles. The van der Waals surface area contributed by atoms with E-state index in [2.05, 4.69) is 72.3 Å². The highest BCUT2D eigenvalue weighted by Crippen LogP contribution is 2.25. The van der Waals surface area contributed by atoms with Crippen LogP contribution in [0.2, 0.25) is 0 Å². The van der Waals surface area contributed by atoms with Crippen LogP contribution in [0.1, 0.15) is 44.7 Å². The fourth-order valence-electron chi connectivity index (χ4n) is 4.04. The molecular weight excluding hydrogens is 368 g/mol. The Morgan fingerprint density at radius 1 is 1.18 bits per heavy atom. The SMILES string of the molecule is CCNC(=NCc1ccccc1CN1CC(C)OC(C)C1)NCC1CCCS1. The van der Waals surface area contributed by atoms with Gasteiger partial charge in [0, 0.05) is 38.0 Å². The van der Waals surface area contributed by atoms with Crippen molar-refractivity contribution in [1.82, 2.24) is 15.5 Å². The van der Waals surface area contributed by atoms with E-state index in [1.165, 1.54) is 29.7 Å². The van der Waals surface area contributed by atoms with Crippen LogP contribution in [0.3, 0.4) is 0 Å². The quantitative estimate of drug-likeness (QED) is 0.540. The molecule has 2 N–H and O–H groups in total. The zero-order valence-corrected chi connectivity index (χ0v) is 18.4. The van der Waals surface area contributed by atoms with Gasteiger partial charge in [0.1, 0.15) is 0 Å². The fourth-order valence-corrected chi connectivity index (χ4v) is 5.24. The monoisotopic (exact) mass is 404 g/mol. The van der Waals surface area contributed by atoms with Gasteiger partial charge in [0.25, 0.3) is 0 Å². The molecule has 2 saturated heterocycles. The van der Waals surface area contributed by atoms with E-state index in [-0.39, 0.29) is 0 Å². The summed E-state index contributed by atoms with van der Waals surface area (Å²) < 4.78 is 5.88. The fraction of sp³-hybridized carbons (Fsp3) is 0.682. The summed E-state index contributed by atoms with van der Waals surface area (Å²) in [5, 5.41) is 7.65. The van der Waals surface area contributed by atoms with Crippen molar-refractivity contribution in [3.63, 3.8) is 0 Å². The summed E-state index contributed by atoms with van der Waals surface area (Å²) in [6.45, 7) is 12.0. The summed E-state index contributed by atoms with van der Waals surface area (Å²) in [6, 6.07) is 8.71. The van der Waals surface area contributed by atoms with Gasteiger partial charge in [0.15, 0.2) is 5.96 Å². The molecule has 6 heteroatoms. The molecule has 3 rings (SSSR count). The highest BCUT2D eigenvalue weighted by Gasteiger charge is 2.22. The molecule has 2 heterocycles. The standard InChI is InChI=1S/C22H36N4OS/c1-4-23-22(25-13-21-10-7-11-28-21)24-12-19-8-5-6-9-20(19)16-26-14-17(2)27-18(3)15-26/h5-6,8-9,17-18,21H,4,7,10-16H2,1-3H3,(H2,23,24,25). The normalized spacial score (nSPS) is 26.4. The topological polar surface area (TPSA) is 48.9 Å². The lowest BCUT2D eigenvalue weighted by molar-refractivity contribution is -0.0705. The lowest BCUT2D eigenvalue weighted by Crippen LogP contribution is -2.44. The van der Waals surface area contributed by atoms with Crippen molar-refractivity contribution in [2.45, 2.75) is 64.2 Å². The molecule has 0 bridgehead atoms. The third kappa shape index (κ3) is 6.68. The summed E-state index contributed by atoms with van der Waals surface area (Å²) >= 11 is 2.08. The number of hydrogen-bond donors (Lipinski definition) is 2. The Bertz CT molecular complexity index is 623. The van der Waals surface area contributed by atoms with Crippen molar-refractivity contribution in [2.75, 3.05) is 31.9 Å². The van der Waals surface area contributed by atoms with Crippen LogP contribution in [0.15, 0.2) is 29.3 Å². The lowest BCUT2D eigenvalue weighted by atomic mass is 10.1. The number of morpholine rings is 1. The average molecular weight is 405 g/mol. The Labute approximate surface area is 174 Å². The minimum absolute atomic E-state index is 0.298. The molecule has 0 saturated carbocycles. The molecule has 2 aliphatic heterocycles. The molecule has 3 unspecified atom stereocenters. The van der Waals surface area contributed by atoms with Crippen LogP contribution >= 0.6 is 11.8 Å². The minimum Gasteiger partial charge on any atom is -0.373 e. The van der Waals surface area contributed by atoms with E-state index < -0.39 is 0 Å². The molecule has 28 heavy (non-hydrogen) atoms. The third-order valence-corrected chi connectivity index (χ3v) is 6.68. The Kier molecular flexibility index (Phi) is 8.49. The highest BCUT2D eigenvalue weighted by atomic mass is 32.2. The average Bonchev–Trinajstić information content (AvgIpc) is 3.18. The smallest absolute Gasteiger partial charge is 0.191 e. The lowest BCUT2D eigenvalue weighted by Gasteiger charge is -2.35. The number of guanidine groups is 1. The maximum absolute atomic E-state index is 5.88. The number of rotatable bonds is 7. The van der Waals surface area contributed by atoms with Gasteiger partial charge in [-0.15, -0.1) is 0 Å². The number of aliphatic imine (C=N–C) groups is 1. The van der Waals surface area contributed by atoms with E-state index in [1.807, 2.05) is 0 Å². The summed E-state index contributed by atoms with van der Waals surface area (Å²) in [5.74, 6) is 2.23. The predicted octanol–water partition coefficient (Wildman–Crippen LogP) is 3.25. The van der Waals surface area contributed by atoms with Gasteiger partial charge in [-0.1, -0.05) is 24.3 Å². The largest absolute Gasteiger partial charge is 0.373 e. The highest BCUT2D eigenvalue weighted by molar-refractivity contribution is 8.00. The third-order valence-electron chi connectivity index (χ3n) is 5.28. The first-order valence-corrected chi connectivity index (χ1v) is 11.8. The molecule has 0 spiro atoms. The van der Waals surface area contributed by atoms with Crippen LogP contribution in [0.4, 0.5) is 0 Å². The second kappa shape index (κ2) is 11.1. The van der Waals surface area contributed by atoms with E-state index in [0.29, 0.717) is 18.8 Å². The molecule has 3 atom stereocenters. The van der Waals surface area contributed by atoms with Gasteiger partial charge in [0.2, 0.25) is 0 Å². The maximum atomic E-state index is 5.88. The minimum atomic E-state index is 0.298. The Morgan fingerprint density at radius 2 is 1.93 bits per heavy atom. The van der Waals surface area contributed by atoms with Crippen LogP contribution in [0.25, 0.3) is 0 Å². The predicted molar refractivity (Wildman–Crippen MR) is 120 cm³/mol. The van der Waals surface area contributed by atoms with Gasteiger partial charge in [-0.05, 0) is 50.5 Å². The molecule has 1 aromatic rings. The molecule has 1 aromatic carbocycles. The maximum Gasteiger partial charge on any atom is 0.191 e. The van der Waals surface area contributed by atoms with Gasteiger partial charge < -0.3 is 15.4 Å². The van der Waals surface area contributed by atoms with E-state index in [9.17, 15) is 0 Å². The molecule has 0 radical (unpaired) electrons. The summed E-state index contributed by atoms with van der Waals surface area (Å²) in [7, 11) is 0. The van der Waals surface area contributed by atoms with E-state index >= 15 is 0 Å². The molecule has 2 fully saturated rings. The van der Waals surface area contributed by atoms with Crippen LogP contribution in [0, 0.1) is 0 Å². The van der Waals surface area contributed by atoms with Gasteiger partial charge in [-0.25, -0.2) is 4.99 Å². The Balaban J connectivity index is 1.61.